The van der Waals surface area contributed by atoms with Crippen LogP contribution in [0.1, 0.15) is 72.5 Å². The molecule has 2 rings (SSSR count). The first-order valence-corrected chi connectivity index (χ1v) is 9.99. The first kappa shape index (κ1) is 23.5. The Morgan fingerprint density at radius 1 is 1.24 bits per heavy atom. The van der Waals surface area contributed by atoms with Gasteiger partial charge in [-0.2, -0.15) is 0 Å². The van der Waals surface area contributed by atoms with Crippen LogP contribution in [0.2, 0.25) is 0 Å². The van der Waals surface area contributed by atoms with Crippen molar-refractivity contribution < 1.29 is 28.4 Å². The molecular weight excluding hydrogens is 371 g/mol. The summed E-state index contributed by atoms with van der Waals surface area (Å²) in [5.41, 5.74) is 0.797. The van der Waals surface area contributed by atoms with Crippen molar-refractivity contribution in [2.24, 2.45) is 5.92 Å². The number of aliphatic hydroxyl groups is 1. The maximum atomic E-state index is 11.6. The van der Waals surface area contributed by atoms with E-state index in [0.717, 1.165) is 11.0 Å². The summed E-state index contributed by atoms with van der Waals surface area (Å²) >= 11 is 0. The predicted octanol–water partition coefficient (Wildman–Crippen LogP) is 4.54. The molecule has 1 aromatic rings. The van der Waals surface area contributed by atoms with Gasteiger partial charge in [0.1, 0.15) is 18.1 Å². The molecule has 0 spiro atoms. The van der Waals surface area contributed by atoms with Gasteiger partial charge < -0.3 is 23.6 Å². The summed E-state index contributed by atoms with van der Waals surface area (Å²) in [4.78, 5) is 11.6. The molecule has 0 saturated carbocycles. The summed E-state index contributed by atoms with van der Waals surface area (Å²) in [5.74, 6) is 0.671. The summed E-state index contributed by atoms with van der Waals surface area (Å²) in [5, 5.41) is 9.25. The van der Waals surface area contributed by atoms with Crippen molar-refractivity contribution in [2.75, 3.05) is 0 Å². The molecule has 1 aliphatic heterocycles. The van der Waals surface area contributed by atoms with E-state index in [1.54, 1.807) is 12.1 Å². The van der Waals surface area contributed by atoms with Crippen LogP contribution in [0, 0.1) is 5.92 Å². The number of carbonyl (C=O) groups is 1. The van der Waals surface area contributed by atoms with E-state index in [0.29, 0.717) is 17.9 Å². The van der Waals surface area contributed by atoms with E-state index in [9.17, 15) is 9.90 Å². The van der Waals surface area contributed by atoms with Gasteiger partial charge in [0.2, 0.25) is 0 Å². The lowest BCUT2D eigenvalue weighted by Gasteiger charge is -2.32. The van der Waals surface area contributed by atoms with E-state index in [-0.39, 0.29) is 12.5 Å². The van der Waals surface area contributed by atoms with Gasteiger partial charge >= 0.3 is 13.1 Å². The van der Waals surface area contributed by atoms with Gasteiger partial charge in [0.25, 0.3) is 0 Å². The molecule has 7 heteroatoms. The third kappa shape index (κ3) is 5.41. The first-order valence-electron chi connectivity index (χ1n) is 9.99. The third-order valence-electron chi connectivity index (χ3n) is 5.59. The van der Waals surface area contributed by atoms with E-state index in [1.165, 1.54) is 6.92 Å². The fourth-order valence-corrected chi connectivity index (χ4v) is 2.99. The summed E-state index contributed by atoms with van der Waals surface area (Å²) in [6.45, 7) is 17.5. The van der Waals surface area contributed by atoms with E-state index < -0.39 is 30.4 Å². The molecule has 1 aromatic heterocycles. The normalized spacial score (nSPS) is 19.5. The first-order chi connectivity index (χ1) is 13.4. The van der Waals surface area contributed by atoms with Crippen LogP contribution >= 0.6 is 0 Å². The molecule has 1 N–H and O–H groups in total. The second kappa shape index (κ2) is 8.90. The van der Waals surface area contributed by atoms with Gasteiger partial charge in [-0.1, -0.05) is 32.1 Å². The Morgan fingerprint density at radius 2 is 1.83 bits per heavy atom. The molecule has 6 nitrogen and oxygen atoms in total. The predicted molar refractivity (Wildman–Crippen MR) is 112 cm³/mol. The molecule has 1 atom stereocenters. The zero-order valence-corrected chi connectivity index (χ0v) is 18.6. The lowest BCUT2D eigenvalue weighted by molar-refractivity contribution is -0.147. The van der Waals surface area contributed by atoms with Gasteiger partial charge in [0.05, 0.1) is 11.2 Å². The Balaban J connectivity index is 2.33. The highest BCUT2D eigenvalue weighted by Crippen LogP contribution is 2.41. The zero-order valence-electron chi connectivity index (χ0n) is 18.6. The zero-order chi connectivity index (χ0) is 22.0. The van der Waals surface area contributed by atoms with Crippen molar-refractivity contribution in [3.8, 4) is 0 Å². The summed E-state index contributed by atoms with van der Waals surface area (Å²) in [6, 6.07) is 3.37. The van der Waals surface area contributed by atoms with Gasteiger partial charge in [-0.25, -0.2) is 0 Å². The SMILES string of the molecule is C=C(/C(=C/C[C@H](OC(C)=O)c1ccc(CO)o1)B1OC(C)(C)C(C)(C)O1)C(C)C. The third-order valence-corrected chi connectivity index (χ3v) is 5.59. The molecule has 0 bridgehead atoms. The molecule has 1 aliphatic rings. The van der Waals surface area contributed by atoms with Gasteiger partial charge in [-0.15, -0.1) is 0 Å². The topological polar surface area (TPSA) is 78.1 Å². The number of esters is 1. The second-order valence-corrected chi connectivity index (χ2v) is 8.72. The van der Waals surface area contributed by atoms with E-state index in [4.69, 9.17) is 18.5 Å². The van der Waals surface area contributed by atoms with E-state index in [2.05, 4.69) is 20.4 Å². The van der Waals surface area contributed by atoms with Crippen LogP contribution in [0.25, 0.3) is 0 Å². The lowest BCUT2D eigenvalue weighted by atomic mass is 9.70. The number of carbonyl (C=O) groups excluding carboxylic acids is 1. The van der Waals surface area contributed by atoms with E-state index in [1.807, 2.05) is 33.8 Å². The Bertz CT molecular complexity index is 758. The Morgan fingerprint density at radius 3 is 2.28 bits per heavy atom. The minimum Gasteiger partial charge on any atom is -0.460 e. The molecule has 29 heavy (non-hydrogen) atoms. The van der Waals surface area contributed by atoms with Crippen LogP contribution in [-0.2, 0) is 25.4 Å². The Labute approximate surface area is 174 Å². The molecule has 0 unspecified atom stereocenters. The average Bonchev–Trinajstić information content (AvgIpc) is 3.15. The number of ether oxygens (including phenoxy) is 1. The van der Waals surface area contributed by atoms with Gasteiger partial charge in [-0.05, 0) is 51.2 Å². The average molecular weight is 404 g/mol. The van der Waals surface area contributed by atoms with Gasteiger partial charge in [0, 0.05) is 13.3 Å². The Hall–Kier alpha value is -1.83. The largest absolute Gasteiger partial charge is 0.494 e. The van der Waals surface area contributed by atoms with Crippen LogP contribution in [0.15, 0.2) is 40.3 Å². The van der Waals surface area contributed by atoms with Crippen LogP contribution in [0.3, 0.4) is 0 Å². The molecular formula is C22H33BO6. The molecule has 160 valence electrons. The highest BCUT2D eigenvalue weighted by molar-refractivity contribution is 6.56. The number of allylic oxidation sites excluding steroid dienone is 2. The lowest BCUT2D eigenvalue weighted by Crippen LogP contribution is -2.41. The van der Waals surface area contributed by atoms with Crippen molar-refractivity contribution in [3.63, 3.8) is 0 Å². The molecule has 0 radical (unpaired) electrons. The minimum atomic E-state index is -0.620. The maximum absolute atomic E-state index is 11.6. The maximum Gasteiger partial charge on any atom is 0.494 e. The molecule has 2 heterocycles. The standard InChI is InChI=1S/C22H33BO6/c1-14(2)15(3)18(23-28-21(5,6)22(7,8)29-23)10-12-19(26-16(4)25)20-11-9-17(13-24)27-20/h9-11,14,19,24H,3,12-13H2,1-2,4-8H3/b18-10-/t19-/m0/s1. The molecule has 0 aliphatic carbocycles. The van der Waals surface area contributed by atoms with Crippen molar-refractivity contribution in [2.45, 2.75) is 78.8 Å². The quantitative estimate of drug-likeness (QED) is 0.390. The van der Waals surface area contributed by atoms with Crippen LogP contribution < -0.4 is 0 Å². The van der Waals surface area contributed by atoms with Gasteiger partial charge in [0.15, 0.2) is 6.10 Å². The highest BCUT2D eigenvalue weighted by atomic mass is 16.7. The fourth-order valence-electron chi connectivity index (χ4n) is 2.99. The number of hydrogen-bond donors (Lipinski definition) is 1. The molecule has 0 amide bonds. The fraction of sp³-hybridized carbons (Fsp3) is 0.591. The number of aliphatic hydroxyl groups excluding tert-OH is 1. The Kier molecular flexibility index (Phi) is 7.20. The summed E-state index contributed by atoms with van der Waals surface area (Å²) < 4.78 is 23.5. The summed E-state index contributed by atoms with van der Waals surface area (Å²) in [6.07, 6.45) is 1.69. The molecule has 1 fully saturated rings. The highest BCUT2D eigenvalue weighted by Gasteiger charge is 2.52. The second-order valence-electron chi connectivity index (χ2n) is 8.72. The van der Waals surface area contributed by atoms with Crippen molar-refractivity contribution >= 4 is 13.1 Å². The molecule has 0 aromatic carbocycles. The van der Waals surface area contributed by atoms with Crippen molar-refractivity contribution in [3.05, 3.63) is 47.4 Å². The number of hydrogen-bond acceptors (Lipinski definition) is 6. The molecule has 1 saturated heterocycles. The van der Waals surface area contributed by atoms with Crippen molar-refractivity contribution in [1.82, 2.24) is 0 Å². The number of rotatable bonds is 8. The summed E-state index contributed by atoms with van der Waals surface area (Å²) in [7, 11) is -0.558. The monoisotopic (exact) mass is 404 g/mol. The minimum absolute atomic E-state index is 0.192. The van der Waals surface area contributed by atoms with Crippen LogP contribution in [0.5, 0.6) is 0 Å². The van der Waals surface area contributed by atoms with Crippen LogP contribution in [0.4, 0.5) is 0 Å². The van der Waals surface area contributed by atoms with Crippen LogP contribution in [-0.4, -0.2) is 29.4 Å². The van der Waals surface area contributed by atoms with E-state index >= 15 is 0 Å². The number of furan rings is 1. The van der Waals surface area contributed by atoms with Crippen molar-refractivity contribution in [1.29, 1.82) is 0 Å². The van der Waals surface area contributed by atoms with Gasteiger partial charge in [-0.3, -0.25) is 4.79 Å². The smallest absolute Gasteiger partial charge is 0.460 e.